The predicted octanol–water partition coefficient (Wildman–Crippen LogP) is 6.09. The Morgan fingerprint density at radius 1 is 0.846 bits per heavy atom. The van der Waals surface area contributed by atoms with Crippen molar-refractivity contribution < 1.29 is 9.90 Å². The maximum absolute atomic E-state index is 12.2. The summed E-state index contributed by atoms with van der Waals surface area (Å²) >= 11 is 0. The van der Waals surface area contributed by atoms with Crippen molar-refractivity contribution in [3.63, 3.8) is 0 Å². The van der Waals surface area contributed by atoms with E-state index in [9.17, 15) is 9.90 Å². The minimum atomic E-state index is -0.228. The quantitative estimate of drug-likeness (QED) is 0.356. The van der Waals surface area contributed by atoms with Crippen LogP contribution in [-0.4, -0.2) is 35.1 Å². The van der Waals surface area contributed by atoms with E-state index in [1.165, 1.54) is 77.0 Å². The molecule has 3 nitrogen and oxygen atoms in total. The number of aliphatic hydroxyl groups is 1. The Bertz CT molecular complexity index is 335. The van der Waals surface area contributed by atoms with Crippen LogP contribution in [0.5, 0.6) is 0 Å². The molecule has 154 valence electrons. The molecule has 1 amide bonds. The Morgan fingerprint density at radius 2 is 1.27 bits per heavy atom. The van der Waals surface area contributed by atoms with Gasteiger partial charge in [-0.2, -0.15) is 0 Å². The molecule has 0 bridgehead atoms. The van der Waals surface area contributed by atoms with Gasteiger partial charge in [-0.1, -0.05) is 84.0 Å². The lowest BCUT2D eigenvalue weighted by Gasteiger charge is -2.33. The van der Waals surface area contributed by atoms with Crippen molar-refractivity contribution in [2.24, 2.45) is 5.92 Å². The van der Waals surface area contributed by atoms with Crippen LogP contribution in [0.25, 0.3) is 0 Å². The molecule has 1 aliphatic heterocycles. The lowest BCUT2D eigenvalue weighted by Crippen LogP contribution is -2.40. The van der Waals surface area contributed by atoms with Gasteiger partial charge in [0.2, 0.25) is 5.91 Å². The summed E-state index contributed by atoms with van der Waals surface area (Å²) in [6.07, 6.45) is 19.9. The first kappa shape index (κ1) is 23.5. The molecule has 0 aromatic heterocycles. The van der Waals surface area contributed by atoms with Crippen LogP contribution >= 0.6 is 0 Å². The number of rotatable bonds is 15. The first-order chi connectivity index (χ1) is 12.6. The van der Waals surface area contributed by atoms with Gasteiger partial charge in [-0.15, -0.1) is 0 Å². The van der Waals surface area contributed by atoms with Gasteiger partial charge >= 0.3 is 0 Å². The molecule has 1 heterocycles. The van der Waals surface area contributed by atoms with Crippen LogP contribution in [0.1, 0.15) is 117 Å². The van der Waals surface area contributed by atoms with Crippen LogP contribution in [0.3, 0.4) is 0 Å². The zero-order valence-corrected chi connectivity index (χ0v) is 17.7. The van der Waals surface area contributed by atoms with Crippen LogP contribution in [0, 0.1) is 5.92 Å². The summed E-state index contributed by atoms with van der Waals surface area (Å²) in [6, 6.07) is 0. The number of hydrogen-bond acceptors (Lipinski definition) is 2. The summed E-state index contributed by atoms with van der Waals surface area (Å²) in [4.78, 5) is 14.3. The van der Waals surface area contributed by atoms with E-state index in [1.54, 1.807) is 0 Å². The highest BCUT2D eigenvalue weighted by Gasteiger charge is 2.24. The van der Waals surface area contributed by atoms with Crippen molar-refractivity contribution in [2.75, 3.05) is 13.1 Å². The molecule has 0 radical (unpaired) electrons. The van der Waals surface area contributed by atoms with Gasteiger partial charge in [0.25, 0.3) is 0 Å². The van der Waals surface area contributed by atoms with Crippen molar-refractivity contribution in [3.8, 4) is 0 Å². The molecule has 3 heteroatoms. The fourth-order valence-corrected chi connectivity index (χ4v) is 4.08. The Morgan fingerprint density at radius 3 is 1.69 bits per heavy atom. The van der Waals surface area contributed by atoms with Gasteiger partial charge in [0.05, 0.1) is 6.10 Å². The van der Waals surface area contributed by atoms with Crippen LogP contribution in [0.15, 0.2) is 0 Å². The summed E-state index contributed by atoms with van der Waals surface area (Å²) in [6.45, 7) is 5.83. The molecular formula is C23H45NO2. The molecule has 1 rings (SSSR count). The van der Waals surface area contributed by atoms with Crippen molar-refractivity contribution >= 4 is 5.91 Å². The average molecular weight is 368 g/mol. The number of likely N-dealkylation sites (tertiary alicyclic amines) is 1. The summed E-state index contributed by atoms with van der Waals surface area (Å²) in [7, 11) is 0. The number of carbonyl (C=O) groups is 1. The molecule has 1 atom stereocenters. The van der Waals surface area contributed by atoms with Gasteiger partial charge in [-0.3, -0.25) is 4.79 Å². The number of unbranched alkanes of at least 4 members (excludes halogenated alkanes) is 12. The highest BCUT2D eigenvalue weighted by Crippen LogP contribution is 2.21. The van der Waals surface area contributed by atoms with E-state index in [4.69, 9.17) is 0 Å². The lowest BCUT2D eigenvalue weighted by molar-refractivity contribution is -0.133. The summed E-state index contributed by atoms with van der Waals surface area (Å²) < 4.78 is 0. The number of piperidine rings is 1. The Kier molecular flexibility index (Phi) is 14.0. The summed E-state index contributed by atoms with van der Waals surface area (Å²) in [5.74, 6) is 0.715. The second-order valence-corrected chi connectivity index (χ2v) is 8.45. The predicted molar refractivity (Wildman–Crippen MR) is 111 cm³/mol. The number of hydrogen-bond donors (Lipinski definition) is 1. The van der Waals surface area contributed by atoms with E-state index >= 15 is 0 Å². The average Bonchev–Trinajstić information content (AvgIpc) is 2.65. The molecule has 1 aliphatic rings. The van der Waals surface area contributed by atoms with Gasteiger partial charge in [0, 0.05) is 19.5 Å². The smallest absolute Gasteiger partial charge is 0.222 e. The Hall–Kier alpha value is -0.570. The van der Waals surface area contributed by atoms with Crippen molar-refractivity contribution in [2.45, 2.75) is 123 Å². The maximum Gasteiger partial charge on any atom is 0.222 e. The molecule has 1 unspecified atom stereocenters. The third-order valence-electron chi connectivity index (χ3n) is 6.07. The van der Waals surface area contributed by atoms with Crippen molar-refractivity contribution in [1.82, 2.24) is 4.90 Å². The Labute approximate surface area is 162 Å². The second-order valence-electron chi connectivity index (χ2n) is 8.45. The Balaban J connectivity index is 1.85. The molecule has 1 saturated heterocycles. The van der Waals surface area contributed by atoms with Gasteiger partial charge in [0.15, 0.2) is 0 Å². The molecule has 0 saturated carbocycles. The van der Waals surface area contributed by atoms with E-state index < -0.39 is 0 Å². The van der Waals surface area contributed by atoms with Crippen LogP contribution in [0.2, 0.25) is 0 Å². The van der Waals surface area contributed by atoms with Gasteiger partial charge in [-0.05, 0) is 32.1 Å². The molecule has 0 aromatic rings. The SMILES string of the molecule is CCCCCCCCCCCCCCCC(=O)N1CCC(C(C)O)CC1. The van der Waals surface area contributed by atoms with Crippen LogP contribution < -0.4 is 0 Å². The van der Waals surface area contributed by atoms with Gasteiger partial charge in [-0.25, -0.2) is 0 Å². The monoisotopic (exact) mass is 367 g/mol. The molecule has 0 aliphatic carbocycles. The molecule has 1 fully saturated rings. The molecule has 0 spiro atoms. The zero-order valence-electron chi connectivity index (χ0n) is 17.7. The van der Waals surface area contributed by atoms with Gasteiger partial charge < -0.3 is 10.0 Å². The minimum absolute atomic E-state index is 0.228. The van der Waals surface area contributed by atoms with Crippen molar-refractivity contribution in [3.05, 3.63) is 0 Å². The highest BCUT2D eigenvalue weighted by molar-refractivity contribution is 5.76. The van der Waals surface area contributed by atoms with E-state index in [0.29, 0.717) is 11.8 Å². The number of carbonyl (C=O) groups excluding carboxylic acids is 1. The van der Waals surface area contributed by atoms with E-state index in [-0.39, 0.29) is 6.10 Å². The first-order valence-electron chi connectivity index (χ1n) is 11.6. The minimum Gasteiger partial charge on any atom is -0.393 e. The van der Waals surface area contributed by atoms with Gasteiger partial charge in [0.1, 0.15) is 0 Å². The summed E-state index contributed by atoms with van der Waals surface area (Å²) in [5.41, 5.74) is 0. The fourth-order valence-electron chi connectivity index (χ4n) is 4.08. The summed E-state index contributed by atoms with van der Waals surface area (Å²) in [5, 5.41) is 9.63. The molecule has 1 N–H and O–H groups in total. The fraction of sp³-hybridized carbons (Fsp3) is 0.957. The molecule has 26 heavy (non-hydrogen) atoms. The topological polar surface area (TPSA) is 40.5 Å². The van der Waals surface area contributed by atoms with Crippen LogP contribution in [0.4, 0.5) is 0 Å². The molecule has 0 aromatic carbocycles. The number of nitrogens with zero attached hydrogens (tertiary/aromatic N) is 1. The third kappa shape index (κ3) is 11.2. The zero-order chi connectivity index (χ0) is 19.0. The van der Waals surface area contributed by atoms with Crippen LogP contribution in [-0.2, 0) is 4.79 Å². The lowest BCUT2D eigenvalue weighted by atomic mass is 9.92. The normalized spacial score (nSPS) is 16.8. The molecular weight excluding hydrogens is 322 g/mol. The largest absolute Gasteiger partial charge is 0.393 e. The standard InChI is InChI=1S/C23H45NO2/c1-3-4-5-6-7-8-9-10-11-12-13-14-15-16-23(26)24-19-17-22(18-20-24)21(2)25/h21-22,25H,3-20H2,1-2H3. The van der Waals surface area contributed by atoms with E-state index in [2.05, 4.69) is 6.92 Å². The maximum atomic E-state index is 12.2. The third-order valence-corrected chi connectivity index (χ3v) is 6.07. The van der Waals surface area contributed by atoms with E-state index in [1.807, 2.05) is 11.8 Å². The number of aliphatic hydroxyl groups excluding tert-OH is 1. The van der Waals surface area contributed by atoms with Crippen molar-refractivity contribution in [1.29, 1.82) is 0 Å². The van der Waals surface area contributed by atoms with E-state index in [0.717, 1.165) is 38.8 Å². The first-order valence-corrected chi connectivity index (χ1v) is 11.6. The highest BCUT2D eigenvalue weighted by atomic mass is 16.3. The number of amides is 1. The second kappa shape index (κ2) is 15.5.